The van der Waals surface area contributed by atoms with Crippen LogP contribution in [0.2, 0.25) is 0 Å². The van der Waals surface area contributed by atoms with Crippen molar-refractivity contribution >= 4 is 16.9 Å². The Balaban J connectivity index is 2.60. The van der Waals surface area contributed by atoms with Crippen LogP contribution < -0.4 is 0 Å². The summed E-state index contributed by atoms with van der Waals surface area (Å²) < 4.78 is 0. The minimum Gasteiger partial charge on any atom is -0.148 e. The Kier molecular flexibility index (Phi) is 1.21. The zero-order valence-corrected chi connectivity index (χ0v) is 7.09. The van der Waals surface area contributed by atoms with E-state index in [1.807, 2.05) is 11.3 Å². The monoisotopic (exact) mass is 150 g/mol. The van der Waals surface area contributed by atoms with Crippen LogP contribution in [0, 0.1) is 0 Å². The van der Waals surface area contributed by atoms with Gasteiger partial charge in [-0.15, -0.1) is 11.3 Å². The molecule has 1 aliphatic rings. The van der Waals surface area contributed by atoms with Gasteiger partial charge in [0.05, 0.1) is 0 Å². The number of allylic oxidation sites excluding steroid dienone is 2. The predicted molar refractivity (Wildman–Crippen MR) is 46.3 cm³/mol. The first-order valence-electron chi connectivity index (χ1n) is 3.52. The van der Waals surface area contributed by atoms with E-state index in [0.29, 0.717) is 0 Å². The molecule has 1 aliphatic carbocycles. The van der Waals surface area contributed by atoms with Crippen LogP contribution in [-0.4, -0.2) is 0 Å². The van der Waals surface area contributed by atoms with E-state index in [1.54, 1.807) is 10.5 Å². The maximum absolute atomic E-state index is 2.23. The Bertz CT molecular complexity index is 291. The minimum atomic E-state index is 1.19. The summed E-state index contributed by atoms with van der Waals surface area (Å²) in [6, 6.07) is 2.23. The van der Waals surface area contributed by atoms with Gasteiger partial charge in [0.2, 0.25) is 0 Å². The number of fused-ring (bicyclic) bond motifs is 1. The van der Waals surface area contributed by atoms with Crippen LogP contribution in [0.25, 0.3) is 5.57 Å². The summed E-state index contributed by atoms with van der Waals surface area (Å²) in [7, 11) is 0. The molecule has 0 nitrogen and oxygen atoms in total. The van der Waals surface area contributed by atoms with E-state index in [9.17, 15) is 0 Å². The smallest absolute Gasteiger partial charge is 0.0161 e. The third kappa shape index (κ3) is 0.671. The lowest BCUT2D eigenvalue weighted by Crippen LogP contribution is -1.72. The Labute approximate surface area is 65.2 Å². The van der Waals surface area contributed by atoms with Crippen molar-refractivity contribution in [1.29, 1.82) is 0 Å². The average Bonchev–Trinajstić information content (AvgIpc) is 2.41. The first-order chi connectivity index (χ1) is 4.79. The van der Waals surface area contributed by atoms with Gasteiger partial charge in [0.1, 0.15) is 0 Å². The SMILES string of the molecule is CC1=C(C)c2ccsc2C1. The summed E-state index contributed by atoms with van der Waals surface area (Å²) in [5.74, 6) is 0. The fourth-order valence-electron chi connectivity index (χ4n) is 1.41. The van der Waals surface area contributed by atoms with E-state index < -0.39 is 0 Å². The molecule has 0 saturated carbocycles. The van der Waals surface area contributed by atoms with Crippen molar-refractivity contribution in [1.82, 2.24) is 0 Å². The molecule has 0 aliphatic heterocycles. The second-order valence-electron chi connectivity index (χ2n) is 2.84. The lowest BCUT2D eigenvalue weighted by Gasteiger charge is -1.91. The summed E-state index contributed by atoms with van der Waals surface area (Å²) in [5.41, 5.74) is 4.53. The number of hydrogen-bond acceptors (Lipinski definition) is 1. The normalized spacial score (nSPS) is 16.2. The van der Waals surface area contributed by atoms with Crippen LogP contribution in [0.1, 0.15) is 24.3 Å². The Morgan fingerprint density at radius 3 is 2.90 bits per heavy atom. The van der Waals surface area contributed by atoms with Crippen LogP contribution in [-0.2, 0) is 6.42 Å². The highest BCUT2D eigenvalue weighted by molar-refractivity contribution is 7.10. The molecule has 1 aromatic rings. The fourth-order valence-corrected chi connectivity index (χ4v) is 2.43. The first kappa shape index (κ1) is 6.17. The van der Waals surface area contributed by atoms with Crippen molar-refractivity contribution < 1.29 is 0 Å². The van der Waals surface area contributed by atoms with E-state index >= 15 is 0 Å². The molecule has 0 radical (unpaired) electrons. The molecule has 1 aromatic heterocycles. The molecule has 0 unspecified atom stereocenters. The van der Waals surface area contributed by atoms with Crippen LogP contribution in [0.3, 0.4) is 0 Å². The number of thiophene rings is 1. The van der Waals surface area contributed by atoms with Gasteiger partial charge >= 0.3 is 0 Å². The number of rotatable bonds is 0. The summed E-state index contributed by atoms with van der Waals surface area (Å²) >= 11 is 1.88. The van der Waals surface area contributed by atoms with E-state index in [2.05, 4.69) is 25.3 Å². The predicted octanol–water partition coefficient (Wildman–Crippen LogP) is 3.10. The zero-order valence-electron chi connectivity index (χ0n) is 6.27. The quantitative estimate of drug-likeness (QED) is 0.533. The van der Waals surface area contributed by atoms with Crippen molar-refractivity contribution in [3.8, 4) is 0 Å². The maximum Gasteiger partial charge on any atom is 0.0161 e. The van der Waals surface area contributed by atoms with Gasteiger partial charge in [-0.05, 0) is 36.4 Å². The van der Waals surface area contributed by atoms with E-state index in [0.717, 1.165) is 0 Å². The maximum atomic E-state index is 2.23. The van der Waals surface area contributed by atoms with Gasteiger partial charge < -0.3 is 0 Å². The van der Waals surface area contributed by atoms with Gasteiger partial charge in [0, 0.05) is 11.3 Å². The standard InChI is InChI=1S/C9H10S/c1-6-5-9-8(7(6)2)3-4-10-9/h3-4H,5H2,1-2H3. The minimum absolute atomic E-state index is 1.19. The average molecular weight is 150 g/mol. The lowest BCUT2D eigenvalue weighted by molar-refractivity contribution is 1.23. The van der Waals surface area contributed by atoms with Gasteiger partial charge in [-0.25, -0.2) is 0 Å². The van der Waals surface area contributed by atoms with Crippen molar-refractivity contribution in [2.45, 2.75) is 20.3 Å². The largest absolute Gasteiger partial charge is 0.148 e. The van der Waals surface area contributed by atoms with Gasteiger partial charge in [0.25, 0.3) is 0 Å². The van der Waals surface area contributed by atoms with Gasteiger partial charge in [-0.2, -0.15) is 0 Å². The van der Waals surface area contributed by atoms with Crippen LogP contribution in [0.4, 0.5) is 0 Å². The molecular formula is C9H10S. The summed E-state index contributed by atoms with van der Waals surface area (Å²) in [4.78, 5) is 1.55. The van der Waals surface area contributed by atoms with Crippen LogP contribution >= 0.6 is 11.3 Å². The molecule has 1 heterocycles. The number of hydrogen-bond donors (Lipinski definition) is 0. The van der Waals surface area contributed by atoms with E-state index in [4.69, 9.17) is 0 Å². The molecule has 0 spiro atoms. The summed E-state index contributed by atoms with van der Waals surface area (Å²) in [5, 5.41) is 2.18. The molecule has 10 heavy (non-hydrogen) atoms. The topological polar surface area (TPSA) is 0 Å². The van der Waals surface area contributed by atoms with E-state index in [1.165, 1.54) is 17.6 Å². The van der Waals surface area contributed by atoms with Crippen LogP contribution in [0.5, 0.6) is 0 Å². The molecule has 0 saturated heterocycles. The Hall–Kier alpha value is -0.560. The van der Waals surface area contributed by atoms with Gasteiger partial charge in [0.15, 0.2) is 0 Å². The molecule has 0 aromatic carbocycles. The zero-order chi connectivity index (χ0) is 7.14. The molecule has 0 fully saturated rings. The molecule has 2 rings (SSSR count). The van der Waals surface area contributed by atoms with Crippen LogP contribution in [0.15, 0.2) is 17.0 Å². The van der Waals surface area contributed by atoms with E-state index in [-0.39, 0.29) is 0 Å². The summed E-state index contributed by atoms with van der Waals surface area (Å²) in [6.45, 7) is 4.44. The molecule has 0 bridgehead atoms. The Morgan fingerprint density at radius 1 is 1.40 bits per heavy atom. The second kappa shape index (κ2) is 1.96. The first-order valence-corrected chi connectivity index (χ1v) is 4.40. The second-order valence-corrected chi connectivity index (χ2v) is 3.84. The molecule has 1 heteroatoms. The molecular weight excluding hydrogens is 140 g/mol. The highest BCUT2D eigenvalue weighted by atomic mass is 32.1. The molecule has 0 atom stereocenters. The van der Waals surface area contributed by atoms with Crippen molar-refractivity contribution in [2.75, 3.05) is 0 Å². The third-order valence-corrected chi connectivity index (χ3v) is 3.14. The van der Waals surface area contributed by atoms with Crippen molar-refractivity contribution in [3.05, 3.63) is 27.5 Å². The molecule has 0 N–H and O–H groups in total. The fraction of sp³-hybridized carbons (Fsp3) is 0.333. The lowest BCUT2D eigenvalue weighted by atomic mass is 10.1. The summed E-state index contributed by atoms with van der Waals surface area (Å²) in [6.07, 6.45) is 1.19. The third-order valence-electron chi connectivity index (χ3n) is 2.22. The highest BCUT2D eigenvalue weighted by Crippen LogP contribution is 2.35. The molecule has 0 amide bonds. The molecule has 52 valence electrons. The van der Waals surface area contributed by atoms with Gasteiger partial charge in [-0.3, -0.25) is 0 Å². The van der Waals surface area contributed by atoms with Gasteiger partial charge in [-0.1, -0.05) is 5.57 Å². The Morgan fingerprint density at radius 2 is 2.20 bits per heavy atom. The van der Waals surface area contributed by atoms with Crippen molar-refractivity contribution in [3.63, 3.8) is 0 Å². The highest BCUT2D eigenvalue weighted by Gasteiger charge is 2.15. The van der Waals surface area contributed by atoms with Crippen molar-refractivity contribution in [2.24, 2.45) is 0 Å².